The summed E-state index contributed by atoms with van der Waals surface area (Å²) in [5, 5.41) is 16.9. The molecule has 2 aromatic rings. The van der Waals surface area contributed by atoms with Crippen LogP contribution in [0.25, 0.3) is 11.0 Å². The summed E-state index contributed by atoms with van der Waals surface area (Å²) in [5.41, 5.74) is 0.775. The molecule has 108 valence electrons. The van der Waals surface area contributed by atoms with Crippen molar-refractivity contribution in [1.82, 2.24) is 10.6 Å². The number of fused-ring (bicyclic) bond motifs is 1. The molecule has 0 spiro atoms. The van der Waals surface area contributed by atoms with Crippen molar-refractivity contribution in [3.63, 3.8) is 0 Å². The highest BCUT2D eigenvalue weighted by atomic mass is 16.4. The summed E-state index contributed by atoms with van der Waals surface area (Å²) in [4.78, 5) is 11.0. The Kier molecular flexibility index (Phi) is 5.15. The van der Waals surface area contributed by atoms with E-state index < -0.39 is 6.10 Å². The number of aliphatic hydroxyl groups excluding tert-OH is 1. The minimum atomic E-state index is -0.690. The van der Waals surface area contributed by atoms with E-state index in [0.717, 1.165) is 11.0 Å². The Morgan fingerprint density at radius 2 is 2.15 bits per heavy atom. The Labute approximate surface area is 118 Å². The highest BCUT2D eigenvalue weighted by molar-refractivity contribution is 5.77. The molecule has 0 radical (unpaired) electrons. The Balaban J connectivity index is 1.77. The van der Waals surface area contributed by atoms with Gasteiger partial charge in [-0.3, -0.25) is 4.79 Å². The zero-order valence-electron chi connectivity index (χ0n) is 11.6. The van der Waals surface area contributed by atoms with Crippen molar-refractivity contribution in [3.8, 4) is 0 Å². The first-order valence-corrected chi connectivity index (χ1v) is 6.84. The molecule has 2 rings (SSSR count). The highest BCUT2D eigenvalue weighted by Gasteiger charge is 2.12. The lowest BCUT2D eigenvalue weighted by atomic mass is 10.2. The number of nitrogens with one attached hydrogen (secondary N) is 2. The molecule has 5 nitrogen and oxygen atoms in total. The van der Waals surface area contributed by atoms with Gasteiger partial charge >= 0.3 is 0 Å². The molecule has 1 unspecified atom stereocenters. The van der Waals surface area contributed by atoms with Crippen LogP contribution < -0.4 is 10.6 Å². The van der Waals surface area contributed by atoms with Gasteiger partial charge < -0.3 is 20.2 Å². The molecule has 1 amide bonds. The average molecular weight is 276 g/mol. The van der Waals surface area contributed by atoms with Crippen LogP contribution in [0, 0.1) is 0 Å². The number of carbonyl (C=O) groups excluding carboxylic acids is 1. The van der Waals surface area contributed by atoms with Crippen molar-refractivity contribution < 1.29 is 14.3 Å². The van der Waals surface area contributed by atoms with Crippen LogP contribution >= 0.6 is 0 Å². The lowest BCUT2D eigenvalue weighted by Gasteiger charge is -2.09. The fourth-order valence-electron chi connectivity index (χ4n) is 1.92. The van der Waals surface area contributed by atoms with Crippen molar-refractivity contribution in [1.29, 1.82) is 0 Å². The summed E-state index contributed by atoms with van der Waals surface area (Å²) in [6.07, 6.45) is -0.203. The monoisotopic (exact) mass is 276 g/mol. The van der Waals surface area contributed by atoms with Crippen LogP contribution in [0.5, 0.6) is 0 Å². The molecule has 5 heteroatoms. The van der Waals surface area contributed by atoms with E-state index in [9.17, 15) is 9.90 Å². The SMILES string of the molecule is CCC(=O)NCCNCC(O)c1cc2ccccc2o1. The van der Waals surface area contributed by atoms with E-state index in [1.165, 1.54) is 0 Å². The van der Waals surface area contributed by atoms with Crippen LogP contribution in [0.1, 0.15) is 25.2 Å². The molecule has 0 saturated carbocycles. The Hall–Kier alpha value is -1.85. The second-order valence-electron chi connectivity index (χ2n) is 4.61. The number of rotatable bonds is 7. The van der Waals surface area contributed by atoms with Gasteiger partial charge in [0.2, 0.25) is 5.91 Å². The predicted molar refractivity (Wildman–Crippen MR) is 77.3 cm³/mol. The average Bonchev–Trinajstić information content (AvgIpc) is 2.90. The maximum atomic E-state index is 11.0. The van der Waals surface area contributed by atoms with Crippen LogP contribution in [0.2, 0.25) is 0 Å². The fraction of sp³-hybridized carbons (Fsp3) is 0.400. The van der Waals surface area contributed by atoms with Crippen LogP contribution in [0.3, 0.4) is 0 Å². The zero-order valence-corrected chi connectivity index (χ0v) is 11.6. The predicted octanol–water partition coefficient (Wildman–Crippen LogP) is 1.58. The van der Waals surface area contributed by atoms with E-state index >= 15 is 0 Å². The van der Waals surface area contributed by atoms with Gasteiger partial charge in [-0.25, -0.2) is 0 Å². The summed E-state index contributed by atoms with van der Waals surface area (Å²) in [6, 6.07) is 9.50. The molecule has 3 N–H and O–H groups in total. The molecule has 0 bridgehead atoms. The van der Waals surface area contributed by atoms with Gasteiger partial charge in [-0.2, -0.15) is 0 Å². The molecular formula is C15H20N2O3. The van der Waals surface area contributed by atoms with Gasteiger partial charge in [-0.05, 0) is 12.1 Å². The first-order chi connectivity index (χ1) is 9.70. The van der Waals surface area contributed by atoms with Crippen LogP contribution in [-0.4, -0.2) is 30.6 Å². The molecule has 1 atom stereocenters. The number of hydrogen-bond acceptors (Lipinski definition) is 4. The third-order valence-electron chi connectivity index (χ3n) is 3.06. The van der Waals surface area contributed by atoms with E-state index in [0.29, 0.717) is 31.8 Å². The smallest absolute Gasteiger partial charge is 0.219 e. The standard InChI is InChI=1S/C15H20N2O3/c1-2-15(19)17-8-7-16-10-12(18)14-9-11-5-3-4-6-13(11)20-14/h3-6,9,12,16,18H,2,7-8,10H2,1H3,(H,17,19). The zero-order chi connectivity index (χ0) is 14.4. The number of carbonyl (C=O) groups is 1. The Morgan fingerprint density at radius 3 is 2.90 bits per heavy atom. The number of furan rings is 1. The van der Waals surface area contributed by atoms with Gasteiger partial charge in [0.25, 0.3) is 0 Å². The van der Waals surface area contributed by atoms with Crippen molar-refractivity contribution >= 4 is 16.9 Å². The first-order valence-electron chi connectivity index (χ1n) is 6.84. The number of benzene rings is 1. The van der Waals surface area contributed by atoms with Crippen molar-refractivity contribution in [2.45, 2.75) is 19.4 Å². The summed E-state index contributed by atoms with van der Waals surface area (Å²) in [5.74, 6) is 0.584. The Bertz CT molecular complexity index is 532. The Morgan fingerprint density at radius 1 is 1.35 bits per heavy atom. The van der Waals surface area contributed by atoms with E-state index in [2.05, 4.69) is 10.6 Å². The van der Waals surface area contributed by atoms with Crippen LogP contribution in [-0.2, 0) is 4.79 Å². The number of para-hydroxylation sites is 1. The second kappa shape index (κ2) is 7.07. The molecule has 1 aromatic heterocycles. The first kappa shape index (κ1) is 14.6. The molecule has 0 saturated heterocycles. The lowest BCUT2D eigenvalue weighted by molar-refractivity contribution is -0.120. The third-order valence-corrected chi connectivity index (χ3v) is 3.06. The minimum absolute atomic E-state index is 0.0321. The molecular weight excluding hydrogens is 256 g/mol. The summed E-state index contributed by atoms with van der Waals surface area (Å²) >= 11 is 0. The van der Waals surface area contributed by atoms with Gasteiger partial charge in [0.1, 0.15) is 17.4 Å². The highest BCUT2D eigenvalue weighted by Crippen LogP contribution is 2.23. The largest absolute Gasteiger partial charge is 0.458 e. The van der Waals surface area contributed by atoms with Crippen LogP contribution in [0.4, 0.5) is 0 Å². The van der Waals surface area contributed by atoms with Crippen LogP contribution in [0.15, 0.2) is 34.7 Å². The van der Waals surface area contributed by atoms with Crippen molar-refractivity contribution in [2.24, 2.45) is 0 Å². The molecule has 20 heavy (non-hydrogen) atoms. The lowest BCUT2D eigenvalue weighted by Crippen LogP contribution is -2.33. The number of aliphatic hydroxyl groups is 1. The van der Waals surface area contributed by atoms with Gasteiger partial charge in [-0.15, -0.1) is 0 Å². The van der Waals surface area contributed by atoms with E-state index in [-0.39, 0.29) is 5.91 Å². The van der Waals surface area contributed by atoms with E-state index in [4.69, 9.17) is 4.42 Å². The summed E-state index contributed by atoms with van der Waals surface area (Å²) < 4.78 is 5.58. The van der Waals surface area contributed by atoms with Crippen molar-refractivity contribution in [2.75, 3.05) is 19.6 Å². The summed E-state index contributed by atoms with van der Waals surface area (Å²) in [7, 11) is 0. The maximum Gasteiger partial charge on any atom is 0.219 e. The molecule has 1 heterocycles. The fourth-order valence-corrected chi connectivity index (χ4v) is 1.92. The van der Waals surface area contributed by atoms with E-state index in [1.54, 1.807) is 0 Å². The molecule has 0 aliphatic heterocycles. The normalized spacial score (nSPS) is 12.5. The molecule has 0 fully saturated rings. The third kappa shape index (κ3) is 3.82. The molecule has 1 aromatic carbocycles. The summed E-state index contributed by atoms with van der Waals surface area (Å²) in [6.45, 7) is 3.37. The topological polar surface area (TPSA) is 74.5 Å². The molecule has 0 aliphatic rings. The van der Waals surface area contributed by atoms with Gasteiger partial charge in [0.05, 0.1) is 0 Å². The number of amides is 1. The van der Waals surface area contributed by atoms with Gasteiger partial charge in [0, 0.05) is 31.4 Å². The maximum absolute atomic E-state index is 11.0. The van der Waals surface area contributed by atoms with Gasteiger partial charge in [0.15, 0.2) is 0 Å². The molecule has 0 aliphatic carbocycles. The minimum Gasteiger partial charge on any atom is -0.458 e. The van der Waals surface area contributed by atoms with E-state index in [1.807, 2.05) is 37.3 Å². The second-order valence-corrected chi connectivity index (χ2v) is 4.61. The number of hydrogen-bond donors (Lipinski definition) is 3. The van der Waals surface area contributed by atoms with Crippen molar-refractivity contribution in [3.05, 3.63) is 36.1 Å². The quantitative estimate of drug-likeness (QED) is 0.671. The van der Waals surface area contributed by atoms with Gasteiger partial charge in [-0.1, -0.05) is 25.1 Å².